The summed E-state index contributed by atoms with van der Waals surface area (Å²) >= 11 is 0. The topological polar surface area (TPSA) is 65.1 Å². The van der Waals surface area contributed by atoms with Gasteiger partial charge in [0.2, 0.25) is 0 Å². The summed E-state index contributed by atoms with van der Waals surface area (Å²) in [5.41, 5.74) is -0.563. The molecule has 1 amide bonds. The molecule has 1 heterocycles. The Bertz CT molecular complexity index is 507. The minimum absolute atomic E-state index is 0.0734. The summed E-state index contributed by atoms with van der Waals surface area (Å²) in [6, 6.07) is 0. The molecule has 0 radical (unpaired) electrons. The summed E-state index contributed by atoms with van der Waals surface area (Å²) < 4.78 is 17.0. The third-order valence-electron chi connectivity index (χ3n) is 5.15. The molecule has 0 aliphatic carbocycles. The Morgan fingerprint density at radius 3 is 2.12 bits per heavy atom. The molecule has 0 aromatic heterocycles. The molecule has 0 bridgehead atoms. The van der Waals surface area contributed by atoms with Crippen LogP contribution in [-0.2, 0) is 18.7 Å². The van der Waals surface area contributed by atoms with Crippen molar-refractivity contribution in [3.05, 3.63) is 0 Å². The lowest BCUT2D eigenvalue weighted by molar-refractivity contribution is -0.149. The van der Waals surface area contributed by atoms with Crippen molar-refractivity contribution in [2.24, 2.45) is 11.8 Å². The maximum atomic E-state index is 12.4. The Balaban J connectivity index is 2.85. The second kappa shape index (κ2) is 8.29. The molecular formula is C19H37NO5Si. The van der Waals surface area contributed by atoms with E-state index in [-0.39, 0.29) is 28.9 Å². The predicted molar refractivity (Wildman–Crippen MR) is 105 cm³/mol. The van der Waals surface area contributed by atoms with Crippen LogP contribution in [0.4, 0.5) is 4.79 Å². The standard InChI is InChI=1S/C19H37NO5Si/c1-10-23-16(21)15-12-20(17(22)25-18(2,3)4)11-14(15)13-24-26(8,9)19(5,6)7/h14-15H,10-13H2,1-9H3/t14-,15+/m1/s1. The monoisotopic (exact) mass is 387 g/mol. The molecule has 1 rings (SSSR count). The molecule has 1 saturated heterocycles. The average Bonchev–Trinajstić information content (AvgIpc) is 2.87. The maximum Gasteiger partial charge on any atom is 0.410 e. The summed E-state index contributed by atoms with van der Waals surface area (Å²) in [6.45, 7) is 19.8. The lowest BCUT2D eigenvalue weighted by atomic mass is 9.97. The van der Waals surface area contributed by atoms with E-state index in [1.54, 1.807) is 11.8 Å². The Labute approximate surface area is 159 Å². The Morgan fingerprint density at radius 1 is 1.08 bits per heavy atom. The molecule has 1 aliphatic heterocycles. The Morgan fingerprint density at radius 2 is 1.65 bits per heavy atom. The fourth-order valence-corrected chi connectivity index (χ4v) is 3.63. The zero-order valence-corrected chi connectivity index (χ0v) is 19.0. The first-order chi connectivity index (χ1) is 11.7. The predicted octanol–water partition coefficient (Wildman–Crippen LogP) is 4.05. The van der Waals surface area contributed by atoms with Crippen LogP contribution in [0.15, 0.2) is 0 Å². The van der Waals surface area contributed by atoms with Crippen LogP contribution >= 0.6 is 0 Å². The van der Waals surface area contributed by atoms with Crippen molar-refractivity contribution in [3.63, 3.8) is 0 Å². The molecule has 1 aliphatic rings. The first-order valence-electron chi connectivity index (χ1n) is 9.46. The van der Waals surface area contributed by atoms with Crippen molar-refractivity contribution < 1.29 is 23.5 Å². The van der Waals surface area contributed by atoms with Crippen LogP contribution in [0.5, 0.6) is 0 Å². The molecule has 0 aromatic carbocycles. The number of carbonyl (C=O) groups is 2. The van der Waals surface area contributed by atoms with Crippen LogP contribution < -0.4 is 0 Å². The second-order valence-electron chi connectivity index (χ2n) is 9.58. The van der Waals surface area contributed by atoms with Gasteiger partial charge >= 0.3 is 12.1 Å². The normalized spacial score (nSPS) is 21.7. The molecule has 2 atom stereocenters. The van der Waals surface area contributed by atoms with E-state index in [0.717, 1.165) is 0 Å². The van der Waals surface area contributed by atoms with E-state index in [9.17, 15) is 9.59 Å². The van der Waals surface area contributed by atoms with Gasteiger partial charge in [-0.2, -0.15) is 0 Å². The quantitative estimate of drug-likeness (QED) is 0.526. The number of hydrogen-bond acceptors (Lipinski definition) is 5. The minimum Gasteiger partial charge on any atom is -0.466 e. The van der Waals surface area contributed by atoms with Crippen molar-refractivity contribution in [1.29, 1.82) is 0 Å². The summed E-state index contributed by atoms with van der Waals surface area (Å²) in [6.07, 6.45) is -0.387. The molecule has 0 aromatic rings. The number of rotatable bonds is 5. The first kappa shape index (κ1) is 23.0. The van der Waals surface area contributed by atoms with Crippen molar-refractivity contribution in [2.75, 3.05) is 26.3 Å². The zero-order chi connectivity index (χ0) is 20.3. The summed E-state index contributed by atoms with van der Waals surface area (Å²) in [5.74, 6) is -0.703. The van der Waals surface area contributed by atoms with Gasteiger partial charge in [0.05, 0.1) is 12.5 Å². The van der Waals surface area contributed by atoms with Gasteiger partial charge in [0.1, 0.15) is 5.60 Å². The van der Waals surface area contributed by atoms with Gasteiger partial charge in [-0.3, -0.25) is 4.79 Å². The highest BCUT2D eigenvalue weighted by molar-refractivity contribution is 6.74. The number of hydrogen-bond donors (Lipinski definition) is 0. The lowest BCUT2D eigenvalue weighted by Gasteiger charge is -2.37. The summed E-state index contributed by atoms with van der Waals surface area (Å²) in [4.78, 5) is 26.4. The summed E-state index contributed by atoms with van der Waals surface area (Å²) in [7, 11) is -1.93. The van der Waals surface area contributed by atoms with Crippen LogP contribution in [0.3, 0.4) is 0 Å². The number of nitrogens with zero attached hydrogens (tertiary/aromatic N) is 1. The van der Waals surface area contributed by atoms with Crippen molar-refractivity contribution in [3.8, 4) is 0 Å². The highest BCUT2D eigenvalue weighted by atomic mass is 28.4. The highest BCUT2D eigenvalue weighted by Gasteiger charge is 2.44. The fourth-order valence-electron chi connectivity index (χ4n) is 2.56. The summed E-state index contributed by atoms with van der Waals surface area (Å²) in [5, 5.41) is 0.0931. The largest absolute Gasteiger partial charge is 0.466 e. The molecule has 7 heteroatoms. The van der Waals surface area contributed by atoms with E-state index in [4.69, 9.17) is 13.9 Å². The van der Waals surface area contributed by atoms with E-state index >= 15 is 0 Å². The number of ether oxygens (including phenoxy) is 2. The molecule has 0 saturated carbocycles. The number of carbonyl (C=O) groups excluding carboxylic acids is 2. The second-order valence-corrected chi connectivity index (χ2v) is 14.4. The Hall–Kier alpha value is -1.08. The van der Waals surface area contributed by atoms with Crippen LogP contribution in [0.25, 0.3) is 0 Å². The fraction of sp³-hybridized carbons (Fsp3) is 0.895. The van der Waals surface area contributed by atoms with E-state index in [1.807, 2.05) is 20.8 Å². The van der Waals surface area contributed by atoms with E-state index < -0.39 is 13.9 Å². The van der Waals surface area contributed by atoms with Crippen LogP contribution in [0.1, 0.15) is 48.5 Å². The third kappa shape index (κ3) is 6.27. The van der Waals surface area contributed by atoms with Crippen LogP contribution in [0, 0.1) is 11.8 Å². The van der Waals surface area contributed by atoms with E-state index in [2.05, 4.69) is 33.9 Å². The average molecular weight is 388 g/mol. The van der Waals surface area contributed by atoms with Crippen molar-refractivity contribution in [2.45, 2.75) is 72.2 Å². The van der Waals surface area contributed by atoms with Gasteiger partial charge in [-0.1, -0.05) is 20.8 Å². The molecule has 0 N–H and O–H groups in total. The van der Waals surface area contributed by atoms with Crippen LogP contribution in [0.2, 0.25) is 18.1 Å². The lowest BCUT2D eigenvalue weighted by Crippen LogP contribution is -2.43. The molecule has 26 heavy (non-hydrogen) atoms. The molecule has 152 valence electrons. The van der Waals surface area contributed by atoms with Gasteiger partial charge in [0.25, 0.3) is 0 Å². The smallest absolute Gasteiger partial charge is 0.410 e. The van der Waals surface area contributed by atoms with Gasteiger partial charge < -0.3 is 18.8 Å². The van der Waals surface area contributed by atoms with Gasteiger partial charge in [-0.15, -0.1) is 0 Å². The molecule has 0 unspecified atom stereocenters. The van der Waals surface area contributed by atoms with Gasteiger partial charge in [-0.25, -0.2) is 4.79 Å². The van der Waals surface area contributed by atoms with Crippen LogP contribution in [-0.4, -0.2) is 57.2 Å². The zero-order valence-electron chi connectivity index (χ0n) is 18.0. The highest BCUT2D eigenvalue weighted by Crippen LogP contribution is 2.38. The number of amides is 1. The van der Waals surface area contributed by atoms with E-state index in [1.165, 1.54) is 0 Å². The van der Waals surface area contributed by atoms with Crippen molar-refractivity contribution in [1.82, 2.24) is 4.90 Å². The maximum absolute atomic E-state index is 12.4. The molecule has 0 spiro atoms. The van der Waals surface area contributed by atoms with E-state index in [0.29, 0.717) is 26.3 Å². The van der Waals surface area contributed by atoms with Gasteiger partial charge in [0.15, 0.2) is 8.32 Å². The first-order valence-corrected chi connectivity index (χ1v) is 12.4. The molecule has 1 fully saturated rings. The molecular weight excluding hydrogens is 350 g/mol. The number of likely N-dealkylation sites (tertiary alicyclic amines) is 1. The van der Waals surface area contributed by atoms with Crippen molar-refractivity contribution >= 4 is 20.4 Å². The van der Waals surface area contributed by atoms with Gasteiger partial charge in [0, 0.05) is 25.6 Å². The molecule has 6 nitrogen and oxygen atoms in total. The van der Waals surface area contributed by atoms with Gasteiger partial charge in [-0.05, 0) is 45.8 Å². The SMILES string of the molecule is CCOC(=O)[C@H]1CN(C(=O)OC(C)(C)C)C[C@@H]1CO[Si](C)(C)C(C)(C)C. The minimum atomic E-state index is -1.93. The third-order valence-corrected chi connectivity index (χ3v) is 9.65. The Kier molecular flexibility index (Phi) is 7.32. The number of esters is 1.